The lowest BCUT2D eigenvalue weighted by atomic mass is 9.73. The molecule has 194 valence electrons. The molecular weight excluding hydrogens is 527 g/mol. The van der Waals surface area contributed by atoms with Crippen LogP contribution in [0.3, 0.4) is 0 Å². The summed E-state index contributed by atoms with van der Waals surface area (Å²) in [5, 5.41) is 3.23. The Morgan fingerprint density at radius 1 is 0.895 bits per heavy atom. The van der Waals surface area contributed by atoms with Crippen molar-refractivity contribution in [2.45, 2.75) is 25.2 Å². The molecule has 2 fully saturated rings. The minimum absolute atomic E-state index is 0.187. The van der Waals surface area contributed by atoms with E-state index in [1.54, 1.807) is 24.3 Å². The van der Waals surface area contributed by atoms with Crippen molar-refractivity contribution in [1.29, 1.82) is 0 Å². The van der Waals surface area contributed by atoms with E-state index in [2.05, 4.69) is 17.4 Å². The summed E-state index contributed by atoms with van der Waals surface area (Å²) in [6.07, 6.45) is 2.17. The number of halogens is 2. The third-order valence-corrected chi connectivity index (χ3v) is 7.65. The van der Waals surface area contributed by atoms with Crippen LogP contribution in [0.1, 0.15) is 41.1 Å². The van der Waals surface area contributed by atoms with E-state index in [1.165, 1.54) is 28.7 Å². The first-order chi connectivity index (χ1) is 18.3. The lowest BCUT2D eigenvalue weighted by Gasteiger charge is -2.28. The SMILES string of the molecule is O=C(COC(=O)c1ccc(N2C(=O)[C@@H]3CC[C@H](c4ccccc4)C[C@H]3C2=O)cc1)Nc1ccc(Cl)cc1Cl. The predicted molar refractivity (Wildman–Crippen MR) is 144 cm³/mol. The standard InChI is InChI=1S/C29H24Cl2N2O5/c30-20-9-13-25(24(31)15-20)32-26(34)16-38-29(37)18-6-10-21(11-7-18)33-27(35)22-12-8-19(14-23(22)28(33)36)17-4-2-1-3-5-17/h1-7,9-11,13,15,19,22-23H,8,12,14,16H2,(H,32,34)/t19-,22+,23+/m0/s1. The normalized spacial score (nSPS) is 20.7. The fraction of sp³-hybridized carbons (Fsp3) is 0.241. The summed E-state index contributed by atoms with van der Waals surface area (Å²) in [6.45, 7) is -0.519. The van der Waals surface area contributed by atoms with Crippen molar-refractivity contribution in [3.63, 3.8) is 0 Å². The fourth-order valence-corrected chi connectivity index (χ4v) is 5.66. The maximum absolute atomic E-state index is 13.3. The molecule has 3 amide bonds. The number of nitrogens with one attached hydrogen (secondary N) is 1. The molecule has 0 aromatic heterocycles. The Bertz CT molecular complexity index is 1390. The largest absolute Gasteiger partial charge is 0.452 e. The maximum Gasteiger partial charge on any atom is 0.338 e. The topological polar surface area (TPSA) is 92.8 Å². The molecule has 3 atom stereocenters. The number of hydrogen-bond acceptors (Lipinski definition) is 5. The Balaban J connectivity index is 1.20. The molecule has 3 aromatic carbocycles. The fourth-order valence-electron chi connectivity index (χ4n) is 5.20. The van der Waals surface area contributed by atoms with Crippen molar-refractivity contribution in [3.8, 4) is 0 Å². The molecule has 0 radical (unpaired) electrons. The molecule has 2 aliphatic rings. The zero-order chi connectivity index (χ0) is 26.8. The van der Waals surface area contributed by atoms with Crippen molar-refractivity contribution in [3.05, 3.63) is 94.0 Å². The highest BCUT2D eigenvalue weighted by molar-refractivity contribution is 6.36. The molecule has 0 bridgehead atoms. The van der Waals surface area contributed by atoms with Gasteiger partial charge in [0, 0.05) is 5.02 Å². The van der Waals surface area contributed by atoms with Gasteiger partial charge in [-0.1, -0.05) is 53.5 Å². The molecular formula is C29H24Cl2N2O5. The van der Waals surface area contributed by atoms with E-state index in [0.29, 0.717) is 29.2 Å². The van der Waals surface area contributed by atoms with Crippen LogP contribution in [-0.2, 0) is 19.1 Å². The summed E-state index contributed by atoms with van der Waals surface area (Å²) < 4.78 is 5.10. The van der Waals surface area contributed by atoms with Crippen LogP contribution in [0.5, 0.6) is 0 Å². The van der Waals surface area contributed by atoms with Crippen LogP contribution in [-0.4, -0.2) is 30.3 Å². The summed E-state index contributed by atoms with van der Waals surface area (Å²) in [6, 6.07) is 20.7. The van der Waals surface area contributed by atoms with Crippen molar-refractivity contribution in [1.82, 2.24) is 0 Å². The number of imide groups is 1. The number of nitrogens with zero attached hydrogens (tertiary/aromatic N) is 1. The smallest absolute Gasteiger partial charge is 0.338 e. The third-order valence-electron chi connectivity index (χ3n) is 7.10. The average molecular weight is 551 g/mol. The van der Waals surface area contributed by atoms with Crippen LogP contribution < -0.4 is 10.2 Å². The van der Waals surface area contributed by atoms with Crippen LogP contribution >= 0.6 is 23.2 Å². The van der Waals surface area contributed by atoms with E-state index in [0.717, 1.165) is 6.42 Å². The van der Waals surface area contributed by atoms with Gasteiger partial charge in [-0.25, -0.2) is 4.79 Å². The van der Waals surface area contributed by atoms with Crippen LogP contribution in [0.4, 0.5) is 11.4 Å². The predicted octanol–water partition coefficient (Wildman–Crippen LogP) is 5.86. The summed E-state index contributed by atoms with van der Waals surface area (Å²) in [5.41, 5.74) is 2.14. The molecule has 7 nitrogen and oxygen atoms in total. The minimum atomic E-state index is -0.715. The van der Waals surface area contributed by atoms with Crippen LogP contribution in [0.15, 0.2) is 72.8 Å². The summed E-state index contributed by atoms with van der Waals surface area (Å²) in [5.74, 6) is -2.10. The average Bonchev–Trinajstić information content (AvgIpc) is 3.18. The van der Waals surface area contributed by atoms with Gasteiger partial charge in [0.15, 0.2) is 6.61 Å². The first kappa shape index (κ1) is 25.9. The number of esters is 1. The molecule has 1 aliphatic heterocycles. The van der Waals surface area contributed by atoms with Gasteiger partial charge in [-0.3, -0.25) is 19.3 Å². The van der Waals surface area contributed by atoms with Crippen LogP contribution in [0.2, 0.25) is 10.0 Å². The quantitative estimate of drug-likeness (QED) is 0.306. The summed E-state index contributed by atoms with van der Waals surface area (Å²) >= 11 is 11.9. The molecule has 1 saturated heterocycles. The van der Waals surface area contributed by atoms with Crippen molar-refractivity contribution >= 4 is 58.3 Å². The Kier molecular flexibility index (Phi) is 7.49. The van der Waals surface area contributed by atoms with Gasteiger partial charge >= 0.3 is 5.97 Å². The van der Waals surface area contributed by atoms with Gasteiger partial charge in [-0.2, -0.15) is 0 Å². The van der Waals surface area contributed by atoms with E-state index in [-0.39, 0.29) is 40.2 Å². The highest BCUT2D eigenvalue weighted by Gasteiger charge is 2.50. The maximum atomic E-state index is 13.3. The third kappa shape index (κ3) is 5.30. The molecule has 1 N–H and O–H groups in total. The zero-order valence-electron chi connectivity index (χ0n) is 20.2. The number of anilines is 2. The number of ether oxygens (including phenoxy) is 1. The minimum Gasteiger partial charge on any atom is -0.452 e. The van der Waals surface area contributed by atoms with Gasteiger partial charge in [-0.05, 0) is 73.2 Å². The van der Waals surface area contributed by atoms with E-state index >= 15 is 0 Å². The van der Waals surface area contributed by atoms with Crippen molar-refractivity contribution < 1.29 is 23.9 Å². The Morgan fingerprint density at radius 2 is 1.61 bits per heavy atom. The van der Waals surface area contributed by atoms with E-state index in [9.17, 15) is 19.2 Å². The number of rotatable bonds is 6. The van der Waals surface area contributed by atoms with Gasteiger partial charge in [-0.15, -0.1) is 0 Å². The van der Waals surface area contributed by atoms with Gasteiger partial charge in [0.25, 0.3) is 5.91 Å². The highest BCUT2D eigenvalue weighted by Crippen LogP contribution is 2.45. The van der Waals surface area contributed by atoms with Gasteiger partial charge in [0.2, 0.25) is 11.8 Å². The van der Waals surface area contributed by atoms with E-state index < -0.39 is 18.5 Å². The number of amides is 3. The van der Waals surface area contributed by atoms with Crippen LogP contribution in [0, 0.1) is 11.8 Å². The van der Waals surface area contributed by atoms with E-state index in [1.807, 2.05) is 18.2 Å². The summed E-state index contributed by atoms with van der Waals surface area (Å²) in [4.78, 5) is 52.3. The van der Waals surface area contributed by atoms with Crippen molar-refractivity contribution in [2.24, 2.45) is 11.8 Å². The molecule has 1 heterocycles. The number of benzene rings is 3. The number of carbonyl (C=O) groups excluding carboxylic acids is 4. The van der Waals surface area contributed by atoms with E-state index in [4.69, 9.17) is 27.9 Å². The van der Waals surface area contributed by atoms with Gasteiger partial charge in [0.05, 0.1) is 33.8 Å². The number of fused-ring (bicyclic) bond motifs is 1. The monoisotopic (exact) mass is 550 g/mol. The Labute approximate surface area is 229 Å². The molecule has 38 heavy (non-hydrogen) atoms. The first-order valence-electron chi connectivity index (χ1n) is 12.3. The second-order valence-corrected chi connectivity index (χ2v) is 10.3. The number of hydrogen-bond donors (Lipinski definition) is 1. The van der Waals surface area contributed by atoms with Gasteiger partial charge < -0.3 is 10.1 Å². The molecule has 1 aliphatic carbocycles. The lowest BCUT2D eigenvalue weighted by molar-refractivity contribution is -0.122. The molecule has 9 heteroatoms. The Hall–Kier alpha value is -3.68. The lowest BCUT2D eigenvalue weighted by Crippen LogP contribution is -2.30. The number of carbonyl (C=O) groups is 4. The Morgan fingerprint density at radius 3 is 2.32 bits per heavy atom. The summed E-state index contributed by atoms with van der Waals surface area (Å²) in [7, 11) is 0. The second kappa shape index (κ2) is 11.0. The molecule has 3 aromatic rings. The van der Waals surface area contributed by atoms with Crippen molar-refractivity contribution in [2.75, 3.05) is 16.8 Å². The molecule has 0 spiro atoms. The molecule has 5 rings (SSSR count). The molecule has 1 saturated carbocycles. The molecule has 0 unspecified atom stereocenters. The highest BCUT2D eigenvalue weighted by atomic mass is 35.5. The van der Waals surface area contributed by atoms with Crippen LogP contribution in [0.25, 0.3) is 0 Å². The first-order valence-corrected chi connectivity index (χ1v) is 13.0. The second-order valence-electron chi connectivity index (χ2n) is 9.44. The zero-order valence-corrected chi connectivity index (χ0v) is 21.7. The van der Waals surface area contributed by atoms with Gasteiger partial charge in [0.1, 0.15) is 0 Å².